The zero-order valence-corrected chi connectivity index (χ0v) is 11.0. The van der Waals surface area contributed by atoms with Gasteiger partial charge in [-0.25, -0.2) is 9.67 Å². The van der Waals surface area contributed by atoms with Crippen molar-refractivity contribution in [2.45, 2.75) is 20.0 Å². The van der Waals surface area contributed by atoms with Crippen LogP contribution in [0.1, 0.15) is 12.7 Å². The minimum atomic E-state index is -0.288. The summed E-state index contributed by atoms with van der Waals surface area (Å²) in [4.78, 5) is 15.9. The van der Waals surface area contributed by atoms with Crippen LogP contribution < -0.4 is 10.9 Å². The third-order valence-electron chi connectivity index (χ3n) is 2.64. The lowest BCUT2D eigenvalue weighted by molar-refractivity contribution is 0.616. The van der Waals surface area contributed by atoms with Crippen molar-refractivity contribution in [3.8, 4) is 0 Å². The molecule has 0 atom stereocenters. The molecule has 0 aliphatic rings. The van der Waals surface area contributed by atoms with Crippen molar-refractivity contribution in [3.05, 3.63) is 39.8 Å². The number of aryl methyl sites for hydroxylation is 2. The second kappa shape index (κ2) is 5.22. The largest absolute Gasteiger partial charge is 0.375 e. The van der Waals surface area contributed by atoms with Gasteiger partial charge in [-0.15, -0.1) is 0 Å². The fourth-order valence-electron chi connectivity index (χ4n) is 1.55. The molecule has 0 unspecified atom stereocenters. The topological polar surface area (TPSA) is 64.7 Å². The van der Waals surface area contributed by atoms with Gasteiger partial charge >= 0.3 is 0 Å². The first kappa shape index (κ1) is 12.6. The normalized spacial score (nSPS) is 10.6. The average Bonchev–Trinajstić information content (AvgIpc) is 2.77. The maximum atomic E-state index is 11.8. The van der Waals surface area contributed by atoms with Crippen LogP contribution in [0.15, 0.2) is 23.4 Å². The number of aromatic nitrogens is 4. The van der Waals surface area contributed by atoms with E-state index in [9.17, 15) is 4.79 Å². The summed E-state index contributed by atoms with van der Waals surface area (Å²) in [5.41, 5.74) is 0.235. The number of imidazole rings is 1. The predicted octanol–water partition coefficient (Wildman–Crippen LogP) is 1.26. The van der Waals surface area contributed by atoms with E-state index in [0.717, 1.165) is 5.82 Å². The van der Waals surface area contributed by atoms with Crippen LogP contribution in [0.3, 0.4) is 0 Å². The van der Waals surface area contributed by atoms with Gasteiger partial charge in [-0.3, -0.25) is 4.79 Å². The molecule has 0 aliphatic heterocycles. The second-order valence-electron chi connectivity index (χ2n) is 3.80. The number of nitrogens with zero attached hydrogens (tertiary/aromatic N) is 4. The number of rotatable bonds is 4. The van der Waals surface area contributed by atoms with Gasteiger partial charge in [-0.2, -0.15) is 5.10 Å². The van der Waals surface area contributed by atoms with Crippen LogP contribution in [0.5, 0.6) is 0 Å². The molecule has 2 heterocycles. The monoisotopic (exact) mass is 267 g/mol. The minimum Gasteiger partial charge on any atom is -0.375 e. The zero-order valence-electron chi connectivity index (χ0n) is 10.2. The third kappa shape index (κ3) is 2.38. The Morgan fingerprint density at radius 2 is 2.28 bits per heavy atom. The van der Waals surface area contributed by atoms with E-state index in [1.54, 1.807) is 12.4 Å². The summed E-state index contributed by atoms with van der Waals surface area (Å²) in [7, 11) is 1.90. The molecule has 2 rings (SSSR count). The van der Waals surface area contributed by atoms with Crippen molar-refractivity contribution >= 4 is 17.3 Å². The molecule has 18 heavy (non-hydrogen) atoms. The molecule has 2 aromatic rings. The molecule has 2 aromatic heterocycles. The molecular formula is C11H14ClN5O. The van der Waals surface area contributed by atoms with E-state index in [0.29, 0.717) is 18.8 Å². The summed E-state index contributed by atoms with van der Waals surface area (Å²) < 4.78 is 3.20. The van der Waals surface area contributed by atoms with E-state index in [2.05, 4.69) is 15.4 Å². The Morgan fingerprint density at radius 3 is 2.89 bits per heavy atom. The average molecular weight is 268 g/mol. The van der Waals surface area contributed by atoms with Crippen LogP contribution in [-0.2, 0) is 20.1 Å². The van der Waals surface area contributed by atoms with Gasteiger partial charge < -0.3 is 9.88 Å². The Kier molecular flexibility index (Phi) is 3.66. The number of nitrogens with one attached hydrogen (secondary N) is 1. The predicted molar refractivity (Wildman–Crippen MR) is 69.7 cm³/mol. The van der Waals surface area contributed by atoms with Crippen molar-refractivity contribution in [3.63, 3.8) is 0 Å². The van der Waals surface area contributed by atoms with Crippen molar-refractivity contribution in [1.82, 2.24) is 19.3 Å². The first-order valence-corrected chi connectivity index (χ1v) is 5.97. The molecule has 0 aromatic carbocycles. The molecule has 0 spiro atoms. The molecule has 0 amide bonds. The standard InChI is InChI=1S/C11H14ClN5O/c1-3-17-11(18)10(12)8(6-15-17)14-7-9-13-4-5-16(9)2/h4-6,14H,3,7H2,1-2H3. The highest BCUT2D eigenvalue weighted by atomic mass is 35.5. The highest BCUT2D eigenvalue weighted by Crippen LogP contribution is 2.15. The van der Waals surface area contributed by atoms with E-state index >= 15 is 0 Å². The Bertz CT molecular complexity index is 604. The van der Waals surface area contributed by atoms with Gasteiger partial charge in [0.25, 0.3) is 5.56 Å². The molecule has 0 radical (unpaired) electrons. The molecule has 0 saturated heterocycles. The quantitative estimate of drug-likeness (QED) is 0.906. The maximum absolute atomic E-state index is 11.8. The molecule has 0 fully saturated rings. The summed E-state index contributed by atoms with van der Waals surface area (Å²) in [5, 5.41) is 7.22. The maximum Gasteiger partial charge on any atom is 0.287 e. The van der Waals surface area contributed by atoms with Crippen molar-refractivity contribution in [2.24, 2.45) is 7.05 Å². The van der Waals surface area contributed by atoms with Crippen LogP contribution in [-0.4, -0.2) is 19.3 Å². The van der Waals surface area contributed by atoms with Gasteiger partial charge in [0.15, 0.2) is 0 Å². The van der Waals surface area contributed by atoms with Gasteiger partial charge in [0, 0.05) is 26.0 Å². The smallest absolute Gasteiger partial charge is 0.287 e. The van der Waals surface area contributed by atoms with Crippen LogP contribution in [0, 0.1) is 0 Å². The fraction of sp³-hybridized carbons (Fsp3) is 0.364. The molecule has 0 bridgehead atoms. The Hall–Kier alpha value is -1.82. The summed E-state index contributed by atoms with van der Waals surface area (Å²) in [5.74, 6) is 0.853. The lowest BCUT2D eigenvalue weighted by atomic mass is 10.4. The zero-order chi connectivity index (χ0) is 13.1. The van der Waals surface area contributed by atoms with E-state index in [1.807, 2.05) is 24.7 Å². The molecule has 0 saturated carbocycles. The lowest BCUT2D eigenvalue weighted by Crippen LogP contribution is -2.23. The molecule has 1 N–H and O–H groups in total. The molecule has 7 heteroatoms. The molecule has 0 aliphatic carbocycles. The molecule has 6 nitrogen and oxygen atoms in total. The highest BCUT2D eigenvalue weighted by Gasteiger charge is 2.08. The van der Waals surface area contributed by atoms with E-state index in [1.165, 1.54) is 4.68 Å². The van der Waals surface area contributed by atoms with Crippen molar-refractivity contribution in [1.29, 1.82) is 0 Å². The minimum absolute atomic E-state index is 0.154. The van der Waals surface area contributed by atoms with Gasteiger partial charge in [-0.05, 0) is 6.92 Å². The number of anilines is 1. The summed E-state index contributed by atoms with van der Waals surface area (Å²) in [6.45, 7) is 2.82. The van der Waals surface area contributed by atoms with Gasteiger partial charge in [-0.1, -0.05) is 11.6 Å². The van der Waals surface area contributed by atoms with E-state index < -0.39 is 0 Å². The highest BCUT2D eigenvalue weighted by molar-refractivity contribution is 6.32. The van der Waals surface area contributed by atoms with Gasteiger partial charge in [0.2, 0.25) is 0 Å². The fourth-order valence-corrected chi connectivity index (χ4v) is 1.77. The molecule has 96 valence electrons. The molecular weight excluding hydrogens is 254 g/mol. The Labute approximate surface area is 109 Å². The first-order chi connectivity index (χ1) is 8.63. The van der Waals surface area contributed by atoms with Crippen LogP contribution in [0.4, 0.5) is 5.69 Å². The third-order valence-corrected chi connectivity index (χ3v) is 3.01. The lowest BCUT2D eigenvalue weighted by Gasteiger charge is -2.09. The van der Waals surface area contributed by atoms with E-state index in [4.69, 9.17) is 11.6 Å². The van der Waals surface area contributed by atoms with Gasteiger partial charge in [0.05, 0.1) is 18.4 Å². The Morgan fingerprint density at radius 1 is 1.50 bits per heavy atom. The summed E-state index contributed by atoms with van der Waals surface area (Å²) in [6, 6.07) is 0. The van der Waals surface area contributed by atoms with Crippen molar-refractivity contribution in [2.75, 3.05) is 5.32 Å². The Balaban J connectivity index is 2.18. The number of hydrogen-bond donors (Lipinski definition) is 1. The number of halogens is 1. The second-order valence-corrected chi connectivity index (χ2v) is 4.18. The van der Waals surface area contributed by atoms with Crippen LogP contribution in [0.2, 0.25) is 5.02 Å². The van der Waals surface area contributed by atoms with E-state index in [-0.39, 0.29) is 10.6 Å². The van der Waals surface area contributed by atoms with Gasteiger partial charge in [0.1, 0.15) is 10.8 Å². The van der Waals surface area contributed by atoms with Crippen LogP contribution in [0.25, 0.3) is 0 Å². The summed E-state index contributed by atoms with van der Waals surface area (Å²) >= 11 is 5.99. The first-order valence-electron chi connectivity index (χ1n) is 5.59. The number of hydrogen-bond acceptors (Lipinski definition) is 4. The summed E-state index contributed by atoms with van der Waals surface area (Å²) in [6.07, 6.45) is 5.12. The SMILES string of the molecule is CCn1ncc(NCc2nccn2C)c(Cl)c1=O. The van der Waals surface area contributed by atoms with Crippen LogP contribution >= 0.6 is 11.6 Å². The van der Waals surface area contributed by atoms with Crippen molar-refractivity contribution < 1.29 is 0 Å².